The first kappa shape index (κ1) is 18.0. The summed E-state index contributed by atoms with van der Waals surface area (Å²) in [7, 11) is 0. The zero-order chi connectivity index (χ0) is 19.7. The van der Waals surface area contributed by atoms with Gasteiger partial charge in [-0.2, -0.15) is 18.3 Å². The van der Waals surface area contributed by atoms with E-state index < -0.39 is 11.7 Å². The molecule has 0 saturated carbocycles. The molecule has 0 amide bonds. The fourth-order valence-electron chi connectivity index (χ4n) is 2.81. The quantitative estimate of drug-likeness (QED) is 0.651. The molecule has 0 radical (unpaired) electrons. The van der Waals surface area contributed by atoms with Crippen molar-refractivity contribution in [2.75, 3.05) is 0 Å². The maximum atomic E-state index is 12.9. The van der Waals surface area contributed by atoms with E-state index in [0.717, 1.165) is 23.3 Å². The van der Waals surface area contributed by atoms with Crippen molar-refractivity contribution < 1.29 is 22.7 Å². The van der Waals surface area contributed by atoms with Crippen LogP contribution in [0.15, 0.2) is 60.3 Å². The van der Waals surface area contributed by atoms with Crippen molar-refractivity contribution in [2.24, 2.45) is 5.16 Å². The molecule has 4 rings (SSSR count). The average Bonchev–Trinajstić information content (AvgIpc) is 3.34. The topological polar surface area (TPSA) is 61.5 Å². The molecule has 0 spiro atoms. The van der Waals surface area contributed by atoms with Gasteiger partial charge in [-0.3, -0.25) is 0 Å². The van der Waals surface area contributed by atoms with Crippen LogP contribution in [0.5, 0.6) is 11.5 Å². The van der Waals surface area contributed by atoms with Gasteiger partial charge in [0.05, 0.1) is 12.0 Å². The Morgan fingerprint density at radius 3 is 2.79 bits per heavy atom. The molecule has 0 fully saturated rings. The Hall–Kier alpha value is -3.36. The number of aromatic nitrogens is 3. The van der Waals surface area contributed by atoms with Gasteiger partial charge < -0.3 is 9.57 Å². The second kappa shape index (κ2) is 6.99. The summed E-state index contributed by atoms with van der Waals surface area (Å²) in [6, 6.07) is 10.2. The molecule has 2 aromatic carbocycles. The van der Waals surface area contributed by atoms with E-state index in [1.165, 1.54) is 29.5 Å². The molecular formula is C19H15F3N4O2. The summed E-state index contributed by atoms with van der Waals surface area (Å²) < 4.78 is 46.0. The highest BCUT2D eigenvalue weighted by Gasteiger charge is 2.31. The Morgan fingerprint density at radius 1 is 1.18 bits per heavy atom. The lowest BCUT2D eigenvalue weighted by molar-refractivity contribution is -0.137. The van der Waals surface area contributed by atoms with E-state index in [9.17, 15) is 13.2 Å². The van der Waals surface area contributed by atoms with Gasteiger partial charge >= 0.3 is 6.18 Å². The van der Waals surface area contributed by atoms with Crippen LogP contribution in [0.4, 0.5) is 13.2 Å². The molecular weight excluding hydrogens is 373 g/mol. The lowest BCUT2D eigenvalue weighted by Gasteiger charge is -2.14. The fraction of sp³-hybridized carbons (Fsp3) is 0.211. The predicted octanol–water partition coefficient (Wildman–Crippen LogP) is 4.72. The van der Waals surface area contributed by atoms with Crippen LogP contribution in [0, 0.1) is 6.92 Å². The third kappa shape index (κ3) is 3.68. The monoisotopic (exact) mass is 388 g/mol. The summed E-state index contributed by atoms with van der Waals surface area (Å²) >= 11 is 0. The number of rotatable bonds is 3. The zero-order valence-corrected chi connectivity index (χ0v) is 14.7. The minimum atomic E-state index is -4.43. The number of hydrogen-bond donors (Lipinski definition) is 0. The zero-order valence-electron chi connectivity index (χ0n) is 14.7. The van der Waals surface area contributed by atoms with Crippen LogP contribution >= 0.6 is 0 Å². The van der Waals surface area contributed by atoms with Gasteiger partial charge in [-0.05, 0) is 42.3 Å². The number of oxime groups is 1. The molecule has 0 bridgehead atoms. The van der Waals surface area contributed by atoms with E-state index >= 15 is 0 Å². The van der Waals surface area contributed by atoms with Crippen LogP contribution in [0.3, 0.4) is 0 Å². The first-order valence-corrected chi connectivity index (χ1v) is 8.43. The molecule has 2 heterocycles. The van der Waals surface area contributed by atoms with Gasteiger partial charge in [0, 0.05) is 0 Å². The molecule has 1 atom stereocenters. The molecule has 144 valence electrons. The normalized spacial score (nSPS) is 16.6. The summed E-state index contributed by atoms with van der Waals surface area (Å²) in [6.45, 7) is 1.82. The van der Waals surface area contributed by atoms with E-state index in [0.29, 0.717) is 18.0 Å². The number of ether oxygens (including phenoxy) is 1. The van der Waals surface area contributed by atoms with Crippen molar-refractivity contribution in [3.8, 4) is 11.5 Å². The summed E-state index contributed by atoms with van der Waals surface area (Å²) in [5.74, 6) is 1.18. The lowest BCUT2D eigenvalue weighted by atomic mass is 10.0. The van der Waals surface area contributed by atoms with Gasteiger partial charge in [0.15, 0.2) is 11.9 Å². The van der Waals surface area contributed by atoms with Gasteiger partial charge in [0.25, 0.3) is 0 Å². The van der Waals surface area contributed by atoms with Crippen LogP contribution in [-0.2, 0) is 11.0 Å². The van der Waals surface area contributed by atoms with Crippen molar-refractivity contribution >= 4 is 5.84 Å². The Labute approximate surface area is 158 Å². The molecule has 0 aliphatic carbocycles. The molecule has 28 heavy (non-hydrogen) atoms. The summed E-state index contributed by atoms with van der Waals surface area (Å²) in [4.78, 5) is 9.36. The highest BCUT2D eigenvalue weighted by Crippen LogP contribution is 2.35. The van der Waals surface area contributed by atoms with Crippen LogP contribution < -0.4 is 4.74 Å². The van der Waals surface area contributed by atoms with E-state index in [2.05, 4.69) is 15.2 Å². The molecule has 1 aliphatic heterocycles. The van der Waals surface area contributed by atoms with E-state index in [-0.39, 0.29) is 11.9 Å². The molecule has 9 heteroatoms. The average molecular weight is 388 g/mol. The maximum absolute atomic E-state index is 12.9. The van der Waals surface area contributed by atoms with Gasteiger partial charge in [0.1, 0.15) is 24.2 Å². The van der Waals surface area contributed by atoms with Gasteiger partial charge in [-0.1, -0.05) is 23.4 Å². The van der Waals surface area contributed by atoms with Crippen molar-refractivity contribution in [1.29, 1.82) is 0 Å². The summed E-state index contributed by atoms with van der Waals surface area (Å²) in [6.07, 6.45) is -1.35. The molecule has 0 N–H and O–H groups in total. The first-order valence-electron chi connectivity index (χ1n) is 8.43. The number of alkyl halides is 3. The van der Waals surface area contributed by atoms with Crippen molar-refractivity contribution in [3.63, 3.8) is 0 Å². The number of benzene rings is 2. The van der Waals surface area contributed by atoms with E-state index in [1.807, 2.05) is 19.1 Å². The smallest absolute Gasteiger partial charge is 0.416 e. The van der Waals surface area contributed by atoms with Gasteiger partial charge in [0.2, 0.25) is 0 Å². The summed E-state index contributed by atoms with van der Waals surface area (Å²) in [5, 5.41) is 8.04. The van der Waals surface area contributed by atoms with Crippen molar-refractivity contribution in [3.05, 3.63) is 71.8 Å². The molecule has 1 aromatic heterocycles. The number of aryl methyl sites for hydroxylation is 1. The fourth-order valence-corrected chi connectivity index (χ4v) is 2.81. The standard InChI is InChI=1S/C19H15F3N4O2/c1-12-5-6-13(17-9-18(25-28-17)26-11-23-10-24-26)7-16(12)27-15-4-2-3-14(8-15)19(20,21)22/h2-8,10-11,17H,9H2,1H3/t17-/m1/s1. The van der Waals surface area contributed by atoms with Crippen LogP contribution in [0.25, 0.3) is 0 Å². The third-order valence-electron chi connectivity index (χ3n) is 4.31. The Balaban J connectivity index is 1.54. The summed E-state index contributed by atoms with van der Waals surface area (Å²) in [5.41, 5.74) is 0.826. The molecule has 0 saturated heterocycles. The largest absolute Gasteiger partial charge is 0.457 e. The maximum Gasteiger partial charge on any atom is 0.416 e. The molecule has 3 aromatic rings. The molecule has 1 aliphatic rings. The van der Waals surface area contributed by atoms with E-state index in [1.54, 1.807) is 6.07 Å². The number of halogens is 3. The second-order valence-electron chi connectivity index (χ2n) is 6.30. The Kier molecular flexibility index (Phi) is 4.50. The third-order valence-corrected chi connectivity index (χ3v) is 4.31. The number of hydrogen-bond acceptors (Lipinski definition) is 5. The van der Waals surface area contributed by atoms with E-state index in [4.69, 9.17) is 9.57 Å². The highest BCUT2D eigenvalue weighted by molar-refractivity contribution is 5.84. The predicted molar refractivity (Wildman–Crippen MR) is 94.0 cm³/mol. The highest BCUT2D eigenvalue weighted by atomic mass is 19.4. The second-order valence-corrected chi connectivity index (χ2v) is 6.30. The molecule has 6 nitrogen and oxygen atoms in total. The minimum absolute atomic E-state index is 0.113. The minimum Gasteiger partial charge on any atom is -0.457 e. The lowest BCUT2D eigenvalue weighted by Crippen LogP contribution is -2.11. The van der Waals surface area contributed by atoms with Crippen molar-refractivity contribution in [1.82, 2.24) is 14.8 Å². The number of nitrogens with zero attached hydrogens (tertiary/aromatic N) is 4. The van der Waals surface area contributed by atoms with Crippen LogP contribution in [0.2, 0.25) is 0 Å². The Bertz CT molecular complexity index is 1020. The van der Waals surface area contributed by atoms with Gasteiger partial charge in [-0.25, -0.2) is 9.67 Å². The van der Waals surface area contributed by atoms with Crippen LogP contribution in [-0.4, -0.2) is 20.6 Å². The van der Waals surface area contributed by atoms with Gasteiger partial charge in [-0.15, -0.1) is 0 Å². The van der Waals surface area contributed by atoms with Crippen molar-refractivity contribution in [2.45, 2.75) is 25.6 Å². The van der Waals surface area contributed by atoms with Crippen LogP contribution in [0.1, 0.15) is 29.2 Å². The molecule has 0 unspecified atom stereocenters. The first-order chi connectivity index (χ1) is 13.4. The Morgan fingerprint density at radius 2 is 2.04 bits per heavy atom. The SMILES string of the molecule is Cc1ccc([C@H]2CC(n3cncn3)=NO2)cc1Oc1cccc(C(F)(F)F)c1.